The van der Waals surface area contributed by atoms with Crippen molar-refractivity contribution in [1.82, 2.24) is 24.9 Å². The van der Waals surface area contributed by atoms with Crippen LogP contribution in [-0.2, 0) is 0 Å². The van der Waals surface area contributed by atoms with Crippen LogP contribution in [0.25, 0.3) is 96.8 Å². The standard InChI is InChI=1S/C37H19N5O3SSe/c43-32-30-26(44-33(35-40-22-11-3-6-14-25(22)45-35)31(32)36-41-23-12-4-7-15-27(23)46-36)18-17-19(34-38-20-9-1-2-10-21(20)39-34)29(30)37-42-24-13-5-8-16-28(24)47-37/h1-18H,(H,38,39). The molecule has 10 heteroatoms. The van der Waals surface area contributed by atoms with E-state index in [2.05, 4.69) is 11.1 Å². The molecule has 222 valence electrons. The van der Waals surface area contributed by atoms with Gasteiger partial charge in [0.05, 0.1) is 0 Å². The van der Waals surface area contributed by atoms with E-state index >= 15 is 4.79 Å². The third-order valence-corrected chi connectivity index (χ3v) is 11.5. The molecule has 0 unspecified atom stereocenters. The molecule has 0 saturated heterocycles. The van der Waals surface area contributed by atoms with Gasteiger partial charge in [-0.3, -0.25) is 0 Å². The second-order valence-corrected chi connectivity index (χ2v) is 14.3. The number of aromatic nitrogens is 5. The van der Waals surface area contributed by atoms with Crippen LogP contribution < -0.4 is 5.43 Å². The first-order valence-electron chi connectivity index (χ1n) is 14.8. The quantitative estimate of drug-likeness (QED) is 0.184. The third-order valence-electron chi connectivity index (χ3n) is 8.21. The van der Waals surface area contributed by atoms with Gasteiger partial charge in [0, 0.05) is 0 Å². The second-order valence-electron chi connectivity index (χ2n) is 11.1. The van der Waals surface area contributed by atoms with Crippen LogP contribution in [-0.4, -0.2) is 39.4 Å². The van der Waals surface area contributed by atoms with E-state index in [0.717, 1.165) is 41.2 Å². The summed E-state index contributed by atoms with van der Waals surface area (Å²) in [6.45, 7) is 0. The number of para-hydroxylation sites is 6. The molecule has 0 atom stereocenters. The van der Waals surface area contributed by atoms with Gasteiger partial charge in [-0.15, -0.1) is 0 Å². The first-order valence-corrected chi connectivity index (χ1v) is 17.4. The number of H-pyrrole nitrogens is 1. The van der Waals surface area contributed by atoms with Gasteiger partial charge in [0.15, 0.2) is 0 Å². The fourth-order valence-corrected chi connectivity index (χ4v) is 9.22. The molecule has 0 aliphatic carbocycles. The average molecular weight is 693 g/mol. The first kappa shape index (κ1) is 26.5. The van der Waals surface area contributed by atoms with Gasteiger partial charge >= 0.3 is 276 Å². The number of fused-ring (bicyclic) bond motifs is 5. The van der Waals surface area contributed by atoms with E-state index in [-0.39, 0.29) is 31.6 Å². The topological polar surface area (TPSA) is 111 Å². The summed E-state index contributed by atoms with van der Waals surface area (Å²) in [4.78, 5) is 38.3. The van der Waals surface area contributed by atoms with Crippen molar-refractivity contribution in [2.24, 2.45) is 0 Å². The Morgan fingerprint density at radius 2 is 1.40 bits per heavy atom. The number of hydrogen-bond donors (Lipinski definition) is 1. The molecule has 8 nitrogen and oxygen atoms in total. The van der Waals surface area contributed by atoms with E-state index in [1.165, 1.54) is 11.3 Å². The van der Waals surface area contributed by atoms with E-state index in [9.17, 15) is 0 Å². The van der Waals surface area contributed by atoms with Crippen LogP contribution in [0.1, 0.15) is 0 Å². The zero-order chi connectivity index (χ0) is 31.1. The van der Waals surface area contributed by atoms with Gasteiger partial charge in [-0.05, 0) is 0 Å². The molecule has 47 heavy (non-hydrogen) atoms. The van der Waals surface area contributed by atoms with E-state index < -0.39 is 0 Å². The minimum atomic E-state index is -0.232. The van der Waals surface area contributed by atoms with Crippen molar-refractivity contribution in [3.8, 4) is 43.7 Å². The number of thiazole rings is 1. The molecular weight excluding hydrogens is 673 g/mol. The zero-order valence-electron chi connectivity index (χ0n) is 24.2. The maximum absolute atomic E-state index is 15.2. The number of nitrogens with zero attached hydrogens (tertiary/aromatic N) is 4. The SMILES string of the molecule is O=c1c(-c2nc3ccccc3s2)c(-c2nc3ccccc3o2)oc2ccc(-c3nc4ccccc4[nH]3)c(-c3nc4ccccc4[se]3)c12. The van der Waals surface area contributed by atoms with Gasteiger partial charge in [0.25, 0.3) is 0 Å². The summed E-state index contributed by atoms with van der Waals surface area (Å²) in [6.07, 6.45) is 0. The van der Waals surface area contributed by atoms with Crippen molar-refractivity contribution in [2.45, 2.75) is 0 Å². The van der Waals surface area contributed by atoms with Crippen LogP contribution in [0, 0.1) is 0 Å². The Hall–Kier alpha value is -5.67. The van der Waals surface area contributed by atoms with E-state index in [0.29, 0.717) is 44.0 Å². The van der Waals surface area contributed by atoms with Crippen LogP contribution in [0.3, 0.4) is 0 Å². The molecule has 5 heterocycles. The first-order chi connectivity index (χ1) is 23.2. The predicted molar refractivity (Wildman–Crippen MR) is 187 cm³/mol. The summed E-state index contributed by atoms with van der Waals surface area (Å²) in [5.74, 6) is 1.11. The number of rotatable bonds is 4. The summed E-state index contributed by atoms with van der Waals surface area (Å²) < 4.78 is 15.8. The molecule has 10 rings (SSSR count). The van der Waals surface area contributed by atoms with Gasteiger partial charge in [-0.1, -0.05) is 0 Å². The molecular formula is C37H19N5O3SSe. The molecule has 5 aromatic carbocycles. The summed E-state index contributed by atoms with van der Waals surface area (Å²) >= 11 is 1.28. The van der Waals surface area contributed by atoms with Gasteiger partial charge in [-0.2, -0.15) is 0 Å². The van der Waals surface area contributed by atoms with Gasteiger partial charge in [-0.25, -0.2) is 0 Å². The molecule has 0 spiro atoms. The van der Waals surface area contributed by atoms with Crippen molar-refractivity contribution < 1.29 is 8.83 Å². The maximum atomic E-state index is 15.2. The number of nitrogens with one attached hydrogen (secondary N) is 1. The van der Waals surface area contributed by atoms with Crippen LogP contribution in [0.15, 0.2) is 123 Å². The Morgan fingerprint density at radius 3 is 2.23 bits per heavy atom. The normalized spacial score (nSPS) is 11.9. The number of oxazole rings is 1. The van der Waals surface area contributed by atoms with Gasteiger partial charge < -0.3 is 0 Å². The van der Waals surface area contributed by atoms with Crippen molar-refractivity contribution in [3.05, 3.63) is 119 Å². The Balaban J connectivity index is 1.34. The molecule has 5 aromatic heterocycles. The number of aromatic amines is 1. The second kappa shape index (κ2) is 10.2. The Bertz CT molecular complexity index is 2780. The average Bonchev–Trinajstić information content (AvgIpc) is 3.91. The Morgan fingerprint density at radius 1 is 0.638 bits per heavy atom. The Labute approximate surface area is 274 Å². The van der Waals surface area contributed by atoms with E-state index in [1.807, 2.05) is 103 Å². The molecule has 0 aliphatic heterocycles. The molecule has 1 N–H and O–H groups in total. The molecule has 0 aliphatic rings. The van der Waals surface area contributed by atoms with Crippen molar-refractivity contribution in [3.63, 3.8) is 0 Å². The minimum absolute atomic E-state index is 0.160. The molecule has 0 fully saturated rings. The Kier molecular flexibility index (Phi) is 5.74. The predicted octanol–water partition coefficient (Wildman–Crippen LogP) is 8.69. The summed E-state index contributed by atoms with van der Waals surface area (Å²) in [5, 5.41) is 0.951. The summed E-state index contributed by atoms with van der Waals surface area (Å²) in [5.41, 5.74) is 6.68. The van der Waals surface area contributed by atoms with Crippen molar-refractivity contribution >= 4 is 78.9 Å². The molecule has 0 radical (unpaired) electrons. The molecule has 0 bridgehead atoms. The fraction of sp³-hybridized carbons (Fsp3) is 0. The fourth-order valence-electron chi connectivity index (χ4n) is 6.06. The monoisotopic (exact) mass is 693 g/mol. The molecule has 0 amide bonds. The van der Waals surface area contributed by atoms with Crippen molar-refractivity contribution in [1.29, 1.82) is 0 Å². The number of imidazole rings is 1. The van der Waals surface area contributed by atoms with E-state index in [1.54, 1.807) is 0 Å². The van der Waals surface area contributed by atoms with E-state index in [4.69, 9.17) is 28.8 Å². The van der Waals surface area contributed by atoms with Crippen LogP contribution in [0.4, 0.5) is 0 Å². The molecule has 0 saturated carbocycles. The van der Waals surface area contributed by atoms with Gasteiger partial charge in [0.1, 0.15) is 0 Å². The van der Waals surface area contributed by atoms with Gasteiger partial charge in [0.2, 0.25) is 0 Å². The van der Waals surface area contributed by atoms with Crippen molar-refractivity contribution in [2.75, 3.05) is 0 Å². The zero-order valence-corrected chi connectivity index (χ0v) is 26.8. The van der Waals surface area contributed by atoms with Crippen LogP contribution in [0.5, 0.6) is 0 Å². The van der Waals surface area contributed by atoms with Crippen LogP contribution >= 0.6 is 11.3 Å². The third kappa shape index (κ3) is 4.16. The summed E-state index contributed by atoms with van der Waals surface area (Å²) in [7, 11) is 0. The number of hydrogen-bond acceptors (Lipinski definition) is 8. The number of benzene rings is 5. The molecule has 10 aromatic rings. The summed E-state index contributed by atoms with van der Waals surface area (Å²) in [6, 6.07) is 35.1. The van der Waals surface area contributed by atoms with Crippen LogP contribution in [0.2, 0.25) is 0 Å².